The molecule has 8 fully saturated rings. The van der Waals surface area contributed by atoms with Crippen LogP contribution in [-0.4, -0.2) is 176 Å². The smallest absolute Gasteiger partial charge is 0.187 e. The lowest BCUT2D eigenvalue weighted by Gasteiger charge is -2.70. The first-order chi connectivity index (χ1) is 32.0. The van der Waals surface area contributed by atoms with E-state index in [4.69, 9.17) is 37.9 Å². The summed E-state index contributed by atoms with van der Waals surface area (Å²) in [5.41, 5.74) is -0.454. The van der Waals surface area contributed by atoms with Gasteiger partial charge >= 0.3 is 0 Å². The van der Waals surface area contributed by atoms with Crippen LogP contribution in [0.3, 0.4) is 0 Å². The highest BCUT2D eigenvalue weighted by molar-refractivity contribution is 5.20. The van der Waals surface area contributed by atoms with Crippen molar-refractivity contribution >= 4 is 0 Å². The Balaban J connectivity index is 1.04. The van der Waals surface area contributed by atoms with Gasteiger partial charge in [0, 0.05) is 13.0 Å². The summed E-state index contributed by atoms with van der Waals surface area (Å²) in [4.78, 5) is 0. The molecule has 0 aromatic carbocycles. The van der Waals surface area contributed by atoms with Crippen molar-refractivity contribution < 1.29 is 83.9 Å². The van der Waals surface area contributed by atoms with Crippen LogP contribution in [0.15, 0.2) is 11.6 Å². The fourth-order valence-corrected chi connectivity index (χ4v) is 15.6. The van der Waals surface area contributed by atoms with E-state index in [0.717, 1.165) is 63.4 Å². The largest absolute Gasteiger partial charge is 0.394 e. The average Bonchev–Trinajstić information content (AvgIpc) is 3.81. The lowest BCUT2D eigenvalue weighted by atomic mass is 9.35. The lowest BCUT2D eigenvalue weighted by molar-refractivity contribution is -0.395. The fraction of sp³-hybridized carbons (Fsp3) is 0.961. The Hall–Kier alpha value is -0.940. The second kappa shape index (κ2) is 20.1. The van der Waals surface area contributed by atoms with Crippen LogP contribution < -0.4 is 0 Å². The van der Waals surface area contributed by atoms with Gasteiger partial charge in [0.25, 0.3) is 0 Å². The van der Waals surface area contributed by atoms with E-state index in [1.54, 1.807) is 0 Å². The Kier molecular flexibility index (Phi) is 15.7. The van der Waals surface area contributed by atoms with E-state index in [2.05, 4.69) is 61.5 Å². The van der Waals surface area contributed by atoms with Crippen molar-refractivity contribution in [2.75, 3.05) is 19.8 Å². The molecule has 0 spiro atoms. The van der Waals surface area contributed by atoms with Gasteiger partial charge in [0.1, 0.15) is 66.6 Å². The molecule has 4 aliphatic carbocycles. The Labute approximate surface area is 402 Å². The first-order valence-electron chi connectivity index (χ1n) is 25.9. The zero-order valence-electron chi connectivity index (χ0n) is 41.9. The minimum atomic E-state index is -1.74. The maximum Gasteiger partial charge on any atom is 0.187 e. The first-order valence-corrected chi connectivity index (χ1v) is 25.9. The predicted molar refractivity (Wildman–Crippen MR) is 244 cm³/mol. The van der Waals surface area contributed by atoms with Gasteiger partial charge in [-0.15, -0.1) is 0 Å². The molecule has 4 saturated heterocycles. The number of aliphatic hydroxyl groups is 9. The number of hydrogen-bond donors (Lipinski definition) is 9. The van der Waals surface area contributed by atoms with Crippen LogP contribution >= 0.6 is 0 Å². The van der Waals surface area contributed by atoms with Crippen molar-refractivity contribution in [3.05, 3.63) is 11.6 Å². The molecule has 0 radical (unpaired) electrons. The molecule has 17 nitrogen and oxygen atoms in total. The van der Waals surface area contributed by atoms with Gasteiger partial charge in [-0.2, -0.15) is 0 Å². The van der Waals surface area contributed by atoms with Gasteiger partial charge in [-0.25, -0.2) is 0 Å². The highest BCUT2D eigenvalue weighted by Gasteiger charge is 2.71. The summed E-state index contributed by atoms with van der Waals surface area (Å²) in [5, 5.41) is 99.0. The molecule has 68 heavy (non-hydrogen) atoms. The number of hydrogen-bond acceptors (Lipinski definition) is 17. The van der Waals surface area contributed by atoms with E-state index in [1.807, 2.05) is 0 Å². The Morgan fingerprint density at radius 1 is 0.676 bits per heavy atom. The molecule has 8 rings (SSSR count). The van der Waals surface area contributed by atoms with Gasteiger partial charge < -0.3 is 83.9 Å². The van der Waals surface area contributed by atoms with Crippen molar-refractivity contribution in [3.8, 4) is 0 Å². The molecule has 0 aromatic rings. The van der Waals surface area contributed by atoms with Crippen LogP contribution in [-0.2, 0) is 37.9 Å². The van der Waals surface area contributed by atoms with Crippen LogP contribution in [0.5, 0.6) is 0 Å². The van der Waals surface area contributed by atoms with Crippen molar-refractivity contribution in [2.24, 2.45) is 45.3 Å². The van der Waals surface area contributed by atoms with Gasteiger partial charge in [-0.1, -0.05) is 59.6 Å². The molecule has 9 N–H and O–H groups in total. The SMILES string of the molecule is CCCCO[C@@H]1O[C@H](C=C(C)C)CC1(O)[C@H]1CC[C@]2(C)[C@@H]1CC[C@@H]1[C@@]3(C)CC[C@H](O[C@@H]4O[C@H](CO)[C@@H](O)[C@H](O[C@@H]5OC[C@@H](O)[C@H](O)[C@H]5O)[C@H]4O[C@@H]4O[C@@H](C)[C@H](O)[C@@H](O)[C@H]4O)C(C)(C)[C@@H]3CC[C@]12C. The summed E-state index contributed by atoms with van der Waals surface area (Å²) in [7, 11) is 0. The maximum absolute atomic E-state index is 12.8. The molecular formula is C51H86O17. The minimum absolute atomic E-state index is 0.000658. The van der Waals surface area contributed by atoms with E-state index in [-0.39, 0.29) is 40.8 Å². The zero-order valence-corrected chi connectivity index (χ0v) is 41.9. The van der Waals surface area contributed by atoms with E-state index >= 15 is 0 Å². The van der Waals surface area contributed by atoms with Crippen LogP contribution in [0.2, 0.25) is 0 Å². The third-order valence-corrected chi connectivity index (χ3v) is 19.4. The molecule has 25 atom stereocenters. The monoisotopic (exact) mass is 971 g/mol. The average molecular weight is 971 g/mol. The number of unbranched alkanes of at least 4 members (excludes halogenated alkanes) is 1. The number of fused-ring (bicyclic) bond motifs is 5. The number of allylic oxidation sites excluding steroid dienone is 1. The molecule has 392 valence electrons. The molecule has 0 aromatic heterocycles. The fourth-order valence-electron chi connectivity index (χ4n) is 15.6. The standard InChI is InChI=1S/C51H86O17/c1-10-11-20-61-46-51(60,22-27(64-46)21-25(2)3)29-14-18-49(8)28(29)12-13-33-48(7)17-16-34(47(5,6)32(48)15-19-50(33,49)9)66-45-42(68-44-40(59)38(57)35(54)26(4)63-44)41(37(56)31(23-52)65-45)67-43-39(58)36(55)30(53)24-62-43/h21,26-46,52-60H,10-20,22-24H2,1-9H3/t26-,27+,28+,29-,30+,31+,32-,33+,34-,35-,36-,37+,38+,39+,40+,41-,42+,43-,44-,45-,46+,48-,49+,50+,51?/m0/s1. The third-order valence-electron chi connectivity index (χ3n) is 19.4. The quantitative estimate of drug-likeness (QED) is 0.0731. The van der Waals surface area contributed by atoms with Crippen molar-refractivity contribution in [1.29, 1.82) is 0 Å². The molecule has 17 heteroatoms. The van der Waals surface area contributed by atoms with Crippen molar-refractivity contribution in [3.63, 3.8) is 0 Å². The first kappa shape index (κ1) is 53.4. The van der Waals surface area contributed by atoms with Gasteiger partial charge in [-0.3, -0.25) is 0 Å². The molecule has 4 saturated carbocycles. The Bertz CT molecular complexity index is 1750. The van der Waals surface area contributed by atoms with E-state index in [9.17, 15) is 46.0 Å². The predicted octanol–water partition coefficient (Wildman–Crippen LogP) is 2.80. The minimum Gasteiger partial charge on any atom is -0.394 e. The summed E-state index contributed by atoms with van der Waals surface area (Å²) < 4.78 is 50.3. The molecule has 8 aliphatic rings. The van der Waals surface area contributed by atoms with E-state index < -0.39 is 116 Å². The van der Waals surface area contributed by atoms with Crippen LogP contribution in [0, 0.1) is 45.3 Å². The normalized spacial score (nSPS) is 53.6. The topological polar surface area (TPSA) is 256 Å². The van der Waals surface area contributed by atoms with Gasteiger partial charge in [-0.05, 0) is 124 Å². The third kappa shape index (κ3) is 9.02. The molecule has 1 unspecified atom stereocenters. The van der Waals surface area contributed by atoms with Gasteiger partial charge in [0.15, 0.2) is 25.2 Å². The summed E-state index contributed by atoms with van der Waals surface area (Å²) >= 11 is 0. The number of aliphatic hydroxyl groups excluding tert-OH is 8. The van der Waals surface area contributed by atoms with Crippen molar-refractivity contribution in [2.45, 2.75) is 243 Å². The zero-order chi connectivity index (χ0) is 49.5. The second-order valence-corrected chi connectivity index (χ2v) is 23.8. The van der Waals surface area contributed by atoms with Crippen molar-refractivity contribution in [1.82, 2.24) is 0 Å². The van der Waals surface area contributed by atoms with E-state index in [0.29, 0.717) is 31.3 Å². The van der Waals surface area contributed by atoms with Gasteiger partial charge in [0.2, 0.25) is 0 Å². The Morgan fingerprint density at radius 3 is 2.06 bits per heavy atom. The molecular weight excluding hydrogens is 885 g/mol. The highest BCUT2D eigenvalue weighted by atomic mass is 16.8. The number of ether oxygens (including phenoxy) is 8. The molecule has 0 amide bonds. The van der Waals surface area contributed by atoms with Gasteiger partial charge in [0.05, 0.1) is 31.5 Å². The summed E-state index contributed by atoms with van der Waals surface area (Å²) in [6.07, 6.45) is -10.2. The highest BCUT2D eigenvalue weighted by Crippen LogP contribution is 2.76. The summed E-state index contributed by atoms with van der Waals surface area (Å²) in [6.45, 7) is 19.3. The summed E-state index contributed by atoms with van der Waals surface area (Å²) in [5.74, 6) is 0.980. The van der Waals surface area contributed by atoms with Crippen LogP contribution in [0.25, 0.3) is 0 Å². The molecule has 4 heterocycles. The summed E-state index contributed by atoms with van der Waals surface area (Å²) in [6, 6.07) is 0. The van der Waals surface area contributed by atoms with Crippen LogP contribution in [0.4, 0.5) is 0 Å². The van der Waals surface area contributed by atoms with E-state index in [1.165, 1.54) is 6.92 Å². The lowest BCUT2D eigenvalue weighted by Crippen LogP contribution is -2.67. The molecule has 0 bridgehead atoms. The van der Waals surface area contributed by atoms with Crippen LogP contribution in [0.1, 0.15) is 133 Å². The number of rotatable bonds is 13. The maximum atomic E-state index is 12.8. The molecule has 4 aliphatic heterocycles. The second-order valence-electron chi connectivity index (χ2n) is 23.8. The Morgan fingerprint density at radius 2 is 1.37 bits per heavy atom.